The number of hydrogen-bond donors (Lipinski definition) is 0. The van der Waals surface area contributed by atoms with Gasteiger partial charge in [-0.2, -0.15) is 18.3 Å². The Morgan fingerprint density at radius 2 is 1.85 bits per heavy atom. The summed E-state index contributed by atoms with van der Waals surface area (Å²) in [5.41, 5.74) is 1.42. The molecular formula is C29H31ClF3N5O3. The van der Waals surface area contributed by atoms with Crippen LogP contribution >= 0.6 is 11.6 Å². The lowest BCUT2D eigenvalue weighted by Gasteiger charge is -2.37. The van der Waals surface area contributed by atoms with Crippen molar-refractivity contribution in [2.45, 2.75) is 78.0 Å². The van der Waals surface area contributed by atoms with Gasteiger partial charge in [-0.15, -0.1) is 0 Å². The molecule has 0 fully saturated rings. The van der Waals surface area contributed by atoms with E-state index < -0.39 is 22.7 Å². The fourth-order valence-electron chi connectivity index (χ4n) is 5.51. The molecule has 0 N–H and O–H groups in total. The molecule has 2 aromatic heterocycles. The van der Waals surface area contributed by atoms with Crippen LogP contribution in [-0.4, -0.2) is 55.1 Å². The molecule has 0 radical (unpaired) electrons. The van der Waals surface area contributed by atoms with Crippen molar-refractivity contribution < 1.29 is 27.5 Å². The van der Waals surface area contributed by atoms with Crippen molar-refractivity contribution in [3.63, 3.8) is 0 Å². The number of rotatable bonds is 5. The van der Waals surface area contributed by atoms with Crippen LogP contribution in [0.4, 0.5) is 13.2 Å². The topological polar surface area (TPSA) is 80.6 Å². The first-order chi connectivity index (χ1) is 19.3. The number of fused-ring (bicyclic) bond motifs is 3. The third-order valence-corrected chi connectivity index (χ3v) is 7.96. The number of ether oxygens (including phenoxy) is 1. The number of pyridine rings is 1. The number of halogens is 4. The first-order valence-corrected chi connectivity index (χ1v) is 13.9. The summed E-state index contributed by atoms with van der Waals surface area (Å²) in [7, 11) is 0. The Bertz CT molecular complexity index is 1510. The monoisotopic (exact) mass is 589 g/mol. The molecule has 1 aromatic carbocycles. The smallest absolute Gasteiger partial charge is 0.417 e. The summed E-state index contributed by atoms with van der Waals surface area (Å²) in [5.74, 6) is -0.315. The summed E-state index contributed by atoms with van der Waals surface area (Å²) >= 11 is 5.77. The van der Waals surface area contributed by atoms with Crippen LogP contribution < -0.4 is 4.74 Å². The van der Waals surface area contributed by atoms with Gasteiger partial charge in [0.2, 0.25) is 5.88 Å². The predicted molar refractivity (Wildman–Crippen MR) is 146 cm³/mol. The molecule has 218 valence electrons. The second-order valence-corrected chi connectivity index (χ2v) is 11.4. The van der Waals surface area contributed by atoms with Gasteiger partial charge in [-0.05, 0) is 64.4 Å². The van der Waals surface area contributed by atoms with E-state index >= 15 is 0 Å². The van der Waals surface area contributed by atoms with Crippen LogP contribution in [0.15, 0.2) is 36.5 Å². The van der Waals surface area contributed by atoms with E-state index in [1.54, 1.807) is 15.8 Å². The quantitative estimate of drug-likeness (QED) is 0.359. The second-order valence-electron chi connectivity index (χ2n) is 11.0. The van der Waals surface area contributed by atoms with E-state index in [1.165, 1.54) is 11.0 Å². The van der Waals surface area contributed by atoms with Gasteiger partial charge in [0.15, 0.2) is 0 Å². The lowest BCUT2D eigenvalue weighted by molar-refractivity contribution is -0.137. The summed E-state index contributed by atoms with van der Waals surface area (Å²) in [5, 5.41) is 4.27. The van der Waals surface area contributed by atoms with Crippen molar-refractivity contribution in [3.8, 4) is 5.88 Å². The van der Waals surface area contributed by atoms with Crippen LogP contribution in [0.2, 0.25) is 5.02 Å². The average molecular weight is 590 g/mol. The highest BCUT2D eigenvalue weighted by molar-refractivity contribution is 6.31. The van der Waals surface area contributed by atoms with Gasteiger partial charge < -0.3 is 14.5 Å². The van der Waals surface area contributed by atoms with Gasteiger partial charge in [0.25, 0.3) is 11.8 Å². The molecule has 5 rings (SSSR count). The highest BCUT2D eigenvalue weighted by Gasteiger charge is 2.41. The third kappa shape index (κ3) is 5.39. The van der Waals surface area contributed by atoms with Crippen molar-refractivity contribution in [2.75, 3.05) is 6.54 Å². The maximum atomic E-state index is 14.0. The normalized spacial score (nSPS) is 19.7. The SMILES string of the molecule is CC(C)Oc1cc([C@@H](C)N2C[C@@H](C)n3nc4c(c3C2=O)CN(C(=O)c2ccc(Cl)c(C(F)(F)F)c2)[C@H](C)C4)ccn1. The minimum atomic E-state index is -4.70. The fraction of sp³-hybridized carbons (Fsp3) is 0.448. The van der Waals surface area contributed by atoms with Gasteiger partial charge in [0, 0.05) is 42.4 Å². The van der Waals surface area contributed by atoms with Gasteiger partial charge in [-0.25, -0.2) is 4.98 Å². The highest BCUT2D eigenvalue weighted by atomic mass is 35.5. The van der Waals surface area contributed by atoms with Crippen LogP contribution in [0, 0.1) is 0 Å². The molecular weight excluding hydrogens is 559 g/mol. The molecule has 0 unspecified atom stereocenters. The Kier molecular flexibility index (Phi) is 7.52. The Morgan fingerprint density at radius 3 is 2.54 bits per heavy atom. The molecule has 0 saturated carbocycles. The van der Waals surface area contributed by atoms with Gasteiger partial charge in [-0.3, -0.25) is 14.3 Å². The Morgan fingerprint density at radius 1 is 1.12 bits per heavy atom. The van der Waals surface area contributed by atoms with Crippen LogP contribution in [0.3, 0.4) is 0 Å². The number of hydrogen-bond acceptors (Lipinski definition) is 5. The molecule has 4 heterocycles. The molecule has 0 saturated heterocycles. The predicted octanol–water partition coefficient (Wildman–Crippen LogP) is 6.10. The largest absolute Gasteiger partial charge is 0.475 e. The average Bonchev–Trinajstić information content (AvgIpc) is 3.28. The number of alkyl halides is 3. The molecule has 8 nitrogen and oxygen atoms in total. The lowest BCUT2D eigenvalue weighted by Crippen LogP contribution is -2.45. The van der Waals surface area contributed by atoms with Crippen molar-refractivity contribution in [1.82, 2.24) is 24.6 Å². The van der Waals surface area contributed by atoms with E-state index in [0.29, 0.717) is 30.1 Å². The summed E-state index contributed by atoms with van der Waals surface area (Å²) < 4.78 is 47.9. The van der Waals surface area contributed by atoms with Gasteiger partial charge in [0.05, 0.1) is 41.0 Å². The van der Waals surface area contributed by atoms with Gasteiger partial charge in [-0.1, -0.05) is 11.6 Å². The molecule has 0 spiro atoms. The molecule has 2 aliphatic rings. The van der Waals surface area contributed by atoms with E-state index in [4.69, 9.17) is 21.4 Å². The zero-order chi connectivity index (χ0) is 29.8. The van der Waals surface area contributed by atoms with Gasteiger partial charge >= 0.3 is 6.18 Å². The fourth-order valence-corrected chi connectivity index (χ4v) is 5.73. The summed E-state index contributed by atoms with van der Waals surface area (Å²) in [6.07, 6.45) is -2.72. The minimum Gasteiger partial charge on any atom is -0.475 e. The molecule has 12 heteroatoms. The van der Waals surface area contributed by atoms with Crippen molar-refractivity contribution in [2.24, 2.45) is 0 Å². The van der Waals surface area contributed by atoms with Crippen LogP contribution in [0.1, 0.15) is 89.9 Å². The number of carbonyl (C=O) groups excluding carboxylic acids is 2. The Hall–Kier alpha value is -3.60. The zero-order valence-electron chi connectivity index (χ0n) is 23.4. The highest BCUT2D eigenvalue weighted by Crippen LogP contribution is 2.38. The molecule has 0 aliphatic carbocycles. The van der Waals surface area contributed by atoms with Crippen LogP contribution in [0.25, 0.3) is 0 Å². The maximum absolute atomic E-state index is 14.0. The summed E-state index contributed by atoms with van der Waals surface area (Å²) in [6.45, 7) is 10.0. The molecule has 41 heavy (non-hydrogen) atoms. The van der Waals surface area contributed by atoms with Gasteiger partial charge in [0.1, 0.15) is 5.69 Å². The molecule has 2 amide bonds. The minimum absolute atomic E-state index is 0.0495. The Balaban J connectivity index is 1.45. The number of aromatic nitrogens is 3. The van der Waals surface area contributed by atoms with E-state index in [2.05, 4.69) is 4.98 Å². The molecule has 2 aliphatic heterocycles. The van der Waals surface area contributed by atoms with Crippen molar-refractivity contribution >= 4 is 23.4 Å². The lowest BCUT2D eigenvalue weighted by atomic mass is 9.96. The summed E-state index contributed by atoms with van der Waals surface area (Å²) in [4.78, 5) is 35.0. The Labute approximate surface area is 241 Å². The molecule has 3 aromatic rings. The molecule has 3 atom stereocenters. The van der Waals surface area contributed by atoms with E-state index in [9.17, 15) is 22.8 Å². The zero-order valence-corrected chi connectivity index (χ0v) is 24.1. The van der Waals surface area contributed by atoms with Crippen LogP contribution in [0.5, 0.6) is 5.88 Å². The first-order valence-electron chi connectivity index (χ1n) is 13.5. The van der Waals surface area contributed by atoms with Crippen molar-refractivity contribution in [1.29, 1.82) is 0 Å². The standard InChI is InChI=1S/C29H31ClF3N5O3/c1-15(2)41-25-12-19(8-9-34-25)18(5)37-13-17(4)38-26(28(37)40)21-14-36(16(3)10-24(21)35-38)27(39)20-6-7-23(30)22(11-20)29(31,32)33/h6-9,11-12,15-18H,10,13-14H2,1-5H3/t16-,17-,18-/m1/s1. The van der Waals surface area contributed by atoms with Crippen molar-refractivity contribution in [3.05, 3.63) is 75.2 Å². The third-order valence-electron chi connectivity index (χ3n) is 7.63. The van der Waals surface area contributed by atoms with E-state index in [1.807, 2.05) is 46.8 Å². The first kappa shape index (κ1) is 28.9. The number of carbonyl (C=O) groups is 2. The number of nitrogens with zero attached hydrogens (tertiary/aromatic N) is 5. The van der Waals surface area contributed by atoms with E-state index in [-0.39, 0.29) is 42.2 Å². The summed E-state index contributed by atoms with van der Waals surface area (Å²) in [6, 6.07) is 6.06. The molecule has 0 bridgehead atoms. The number of benzene rings is 1. The van der Waals surface area contributed by atoms with E-state index in [0.717, 1.165) is 23.4 Å². The second kappa shape index (κ2) is 10.7. The number of amides is 2. The van der Waals surface area contributed by atoms with Crippen LogP contribution in [-0.2, 0) is 19.1 Å². The maximum Gasteiger partial charge on any atom is 0.417 e.